The highest BCUT2D eigenvalue weighted by atomic mass is 35.5. The highest BCUT2D eigenvalue weighted by Gasteiger charge is 2.15. The molecule has 2 amide bonds. The first-order valence-electron chi connectivity index (χ1n) is 7.13. The highest BCUT2D eigenvalue weighted by molar-refractivity contribution is 6.32. The van der Waals surface area contributed by atoms with Crippen LogP contribution in [0.4, 0.5) is 0 Å². The number of amides is 2. The number of fused-ring (bicyclic) bond motifs is 1. The molecule has 7 nitrogen and oxygen atoms in total. The van der Waals surface area contributed by atoms with Crippen molar-refractivity contribution in [1.82, 2.24) is 10.2 Å². The lowest BCUT2D eigenvalue weighted by atomic mass is 10.1. The van der Waals surface area contributed by atoms with E-state index in [0.29, 0.717) is 16.0 Å². The lowest BCUT2D eigenvalue weighted by Crippen LogP contribution is -2.39. The molecule has 0 atom stereocenters. The number of aryl methyl sites for hydroxylation is 1. The van der Waals surface area contributed by atoms with Gasteiger partial charge in [-0.3, -0.25) is 9.59 Å². The van der Waals surface area contributed by atoms with Crippen LogP contribution in [0.25, 0.3) is 11.0 Å². The smallest absolute Gasteiger partial charge is 0.336 e. The van der Waals surface area contributed by atoms with Gasteiger partial charge in [0.1, 0.15) is 11.3 Å². The molecule has 0 unspecified atom stereocenters. The quantitative estimate of drug-likeness (QED) is 0.820. The predicted molar refractivity (Wildman–Crippen MR) is 89.4 cm³/mol. The van der Waals surface area contributed by atoms with Crippen molar-refractivity contribution in [3.63, 3.8) is 0 Å². The average molecular weight is 353 g/mol. The molecule has 0 saturated carbocycles. The van der Waals surface area contributed by atoms with Crippen molar-refractivity contribution >= 4 is 34.4 Å². The molecule has 24 heavy (non-hydrogen) atoms. The molecule has 1 N–H and O–H groups in total. The number of likely N-dealkylation sites (N-methyl/N-ethyl adjacent to an activating group) is 2. The van der Waals surface area contributed by atoms with Crippen LogP contribution in [0.5, 0.6) is 5.75 Å². The first-order chi connectivity index (χ1) is 11.3. The maximum absolute atomic E-state index is 12.0. The Morgan fingerprint density at radius 3 is 2.71 bits per heavy atom. The zero-order valence-corrected chi connectivity index (χ0v) is 14.3. The van der Waals surface area contributed by atoms with E-state index in [4.69, 9.17) is 20.8 Å². The normalized spacial score (nSPS) is 10.5. The second kappa shape index (κ2) is 7.35. The van der Waals surface area contributed by atoms with E-state index in [0.717, 1.165) is 5.56 Å². The van der Waals surface area contributed by atoms with Crippen molar-refractivity contribution in [2.45, 2.75) is 6.92 Å². The second-order valence-electron chi connectivity index (χ2n) is 5.24. The minimum Gasteiger partial charge on any atom is -0.482 e. The van der Waals surface area contributed by atoms with Crippen LogP contribution in [-0.2, 0) is 9.59 Å². The summed E-state index contributed by atoms with van der Waals surface area (Å²) in [6, 6.07) is 4.46. The SMILES string of the molecule is CNC(=O)CN(C)C(=O)COc1cc2oc(=O)cc(C)c2cc1Cl. The molecule has 0 aliphatic rings. The maximum Gasteiger partial charge on any atom is 0.336 e. The Balaban J connectivity index is 2.15. The van der Waals surface area contributed by atoms with Gasteiger partial charge in [0.05, 0.1) is 11.6 Å². The Kier molecular flexibility index (Phi) is 5.46. The van der Waals surface area contributed by atoms with Crippen molar-refractivity contribution in [3.8, 4) is 5.75 Å². The van der Waals surface area contributed by atoms with Crippen LogP contribution in [0.3, 0.4) is 0 Å². The summed E-state index contributed by atoms with van der Waals surface area (Å²) in [6.07, 6.45) is 0. The van der Waals surface area contributed by atoms with Gasteiger partial charge in [0.25, 0.3) is 5.91 Å². The third-order valence-electron chi connectivity index (χ3n) is 3.44. The molecule has 128 valence electrons. The standard InChI is InChI=1S/C16H17ClN2O5/c1-9-4-16(22)24-12-6-13(11(17)5-10(9)12)23-8-15(21)19(3)7-14(20)18-2/h4-6H,7-8H2,1-3H3,(H,18,20). The molecule has 1 aromatic carbocycles. The number of benzene rings is 1. The van der Waals surface area contributed by atoms with Gasteiger partial charge in [0.2, 0.25) is 5.91 Å². The summed E-state index contributed by atoms with van der Waals surface area (Å²) < 4.78 is 10.5. The molecule has 2 aromatic rings. The maximum atomic E-state index is 12.0. The van der Waals surface area contributed by atoms with Gasteiger partial charge in [-0.05, 0) is 18.6 Å². The number of ether oxygens (including phenoxy) is 1. The van der Waals surface area contributed by atoms with Crippen LogP contribution in [0, 0.1) is 6.92 Å². The van der Waals surface area contributed by atoms with Crippen molar-refractivity contribution in [2.75, 3.05) is 27.2 Å². The van der Waals surface area contributed by atoms with Gasteiger partial charge in [-0.2, -0.15) is 0 Å². The van der Waals surface area contributed by atoms with E-state index >= 15 is 0 Å². The van der Waals surface area contributed by atoms with Crippen molar-refractivity contribution in [3.05, 3.63) is 39.2 Å². The number of carbonyl (C=O) groups is 2. The molecular weight excluding hydrogens is 336 g/mol. The van der Waals surface area contributed by atoms with E-state index in [1.54, 1.807) is 13.0 Å². The lowest BCUT2D eigenvalue weighted by Gasteiger charge is -2.17. The van der Waals surface area contributed by atoms with E-state index in [2.05, 4.69) is 5.32 Å². The zero-order chi connectivity index (χ0) is 17.9. The van der Waals surface area contributed by atoms with Gasteiger partial charge < -0.3 is 19.4 Å². The Morgan fingerprint density at radius 1 is 1.33 bits per heavy atom. The summed E-state index contributed by atoms with van der Waals surface area (Å²) in [7, 11) is 2.98. The number of carbonyl (C=O) groups excluding carboxylic acids is 2. The summed E-state index contributed by atoms with van der Waals surface area (Å²) in [5.74, 6) is -0.452. The number of hydrogen-bond donors (Lipinski definition) is 1. The molecule has 0 aliphatic carbocycles. The number of rotatable bonds is 5. The topological polar surface area (TPSA) is 88.8 Å². The number of halogens is 1. The molecule has 1 heterocycles. The van der Waals surface area contributed by atoms with Crippen LogP contribution in [0.1, 0.15) is 5.56 Å². The molecule has 0 spiro atoms. The fourth-order valence-electron chi connectivity index (χ4n) is 2.06. The molecule has 2 rings (SSSR count). The Hall–Kier alpha value is -2.54. The number of hydrogen-bond acceptors (Lipinski definition) is 5. The fourth-order valence-corrected chi connectivity index (χ4v) is 2.28. The van der Waals surface area contributed by atoms with Crippen LogP contribution in [0.15, 0.2) is 27.4 Å². The van der Waals surface area contributed by atoms with Crippen molar-refractivity contribution in [1.29, 1.82) is 0 Å². The first kappa shape index (κ1) is 17.8. The summed E-state index contributed by atoms with van der Waals surface area (Å²) in [5, 5.41) is 3.41. The molecule has 8 heteroatoms. The molecule has 0 aliphatic heterocycles. The van der Waals surface area contributed by atoms with Gasteiger partial charge >= 0.3 is 5.63 Å². The lowest BCUT2D eigenvalue weighted by molar-refractivity contribution is -0.136. The Morgan fingerprint density at radius 2 is 2.04 bits per heavy atom. The highest BCUT2D eigenvalue weighted by Crippen LogP contribution is 2.30. The third-order valence-corrected chi connectivity index (χ3v) is 3.74. The monoisotopic (exact) mass is 352 g/mol. The summed E-state index contributed by atoms with van der Waals surface area (Å²) in [6.45, 7) is 1.40. The van der Waals surface area contributed by atoms with E-state index in [-0.39, 0.29) is 30.7 Å². The van der Waals surface area contributed by atoms with Crippen molar-refractivity contribution in [2.24, 2.45) is 0 Å². The zero-order valence-electron chi connectivity index (χ0n) is 13.5. The minimum atomic E-state index is -0.477. The summed E-state index contributed by atoms with van der Waals surface area (Å²) in [4.78, 5) is 35.9. The number of nitrogens with zero attached hydrogens (tertiary/aromatic N) is 1. The van der Waals surface area contributed by atoms with E-state index < -0.39 is 5.63 Å². The fraction of sp³-hybridized carbons (Fsp3) is 0.312. The van der Waals surface area contributed by atoms with E-state index in [1.165, 1.54) is 31.1 Å². The summed E-state index contributed by atoms with van der Waals surface area (Å²) >= 11 is 6.15. The van der Waals surface area contributed by atoms with Gasteiger partial charge in [-0.25, -0.2) is 4.79 Å². The minimum absolute atomic E-state index is 0.0712. The average Bonchev–Trinajstić information content (AvgIpc) is 2.53. The van der Waals surface area contributed by atoms with E-state index in [1.807, 2.05) is 0 Å². The molecule has 1 aromatic heterocycles. The second-order valence-corrected chi connectivity index (χ2v) is 5.65. The van der Waals surface area contributed by atoms with Crippen LogP contribution < -0.4 is 15.7 Å². The van der Waals surface area contributed by atoms with Crippen LogP contribution >= 0.6 is 11.6 Å². The summed E-state index contributed by atoms with van der Waals surface area (Å²) in [5.41, 5.74) is 0.580. The molecule has 0 radical (unpaired) electrons. The number of nitrogens with one attached hydrogen (secondary N) is 1. The van der Waals surface area contributed by atoms with E-state index in [9.17, 15) is 14.4 Å². The first-order valence-corrected chi connectivity index (χ1v) is 7.51. The van der Waals surface area contributed by atoms with Gasteiger partial charge in [0, 0.05) is 31.6 Å². The van der Waals surface area contributed by atoms with Gasteiger partial charge in [-0.15, -0.1) is 0 Å². The molecule has 0 bridgehead atoms. The van der Waals surface area contributed by atoms with Gasteiger partial charge in [-0.1, -0.05) is 11.6 Å². The van der Waals surface area contributed by atoms with Crippen LogP contribution in [-0.4, -0.2) is 44.0 Å². The Bertz CT molecular complexity index is 846. The molecular formula is C16H17ClN2O5. The van der Waals surface area contributed by atoms with Crippen molar-refractivity contribution < 1.29 is 18.7 Å². The Labute approximate surface area is 143 Å². The molecule has 0 saturated heterocycles. The largest absolute Gasteiger partial charge is 0.482 e. The van der Waals surface area contributed by atoms with Gasteiger partial charge in [0.15, 0.2) is 6.61 Å². The third kappa shape index (κ3) is 4.05. The predicted octanol–water partition coefficient (Wildman–Crippen LogP) is 1.34. The molecule has 0 fully saturated rings. The van der Waals surface area contributed by atoms with Crippen LogP contribution in [0.2, 0.25) is 5.02 Å².